The molecule has 28 heavy (non-hydrogen) atoms. The molecule has 1 heterocycles. The minimum Gasteiger partial charge on any atom is -0.508 e. The molecule has 0 aromatic heterocycles. The average Bonchev–Trinajstić information content (AvgIpc) is 3.25. The van der Waals surface area contributed by atoms with Crippen molar-refractivity contribution in [3.8, 4) is 11.5 Å². The number of hydrogen-bond acceptors (Lipinski definition) is 5. The Hall–Kier alpha value is -3.35. The number of hydrogen-bond donors (Lipinski definition) is 2. The number of phenolic OH excluding ortho intramolecular Hbond substituents is 1. The molecule has 3 rings (SSSR count). The van der Waals surface area contributed by atoms with Gasteiger partial charge in [-0.05, 0) is 67.8 Å². The lowest BCUT2D eigenvalue weighted by Crippen LogP contribution is -2.32. The number of ether oxygens (including phenoxy) is 1. The van der Waals surface area contributed by atoms with Crippen LogP contribution in [0.3, 0.4) is 0 Å². The Labute approximate surface area is 163 Å². The van der Waals surface area contributed by atoms with E-state index in [4.69, 9.17) is 4.74 Å². The number of rotatable bonds is 6. The van der Waals surface area contributed by atoms with E-state index in [-0.39, 0.29) is 18.3 Å². The molecule has 1 aliphatic heterocycles. The van der Waals surface area contributed by atoms with Gasteiger partial charge in [0.25, 0.3) is 11.8 Å². The maximum Gasteiger partial charge on any atom is 0.271 e. The average molecular weight is 381 g/mol. The van der Waals surface area contributed by atoms with Gasteiger partial charge in [0.2, 0.25) is 0 Å². The highest BCUT2D eigenvalue weighted by atomic mass is 16.5. The maximum atomic E-state index is 12.1. The molecule has 2 amide bonds. The third kappa shape index (κ3) is 5.09. The first kappa shape index (κ1) is 19.4. The van der Waals surface area contributed by atoms with E-state index in [0.717, 1.165) is 31.5 Å². The summed E-state index contributed by atoms with van der Waals surface area (Å²) in [6, 6.07) is 13.2. The number of likely N-dealkylation sites (tertiary alicyclic amines) is 1. The largest absolute Gasteiger partial charge is 0.508 e. The Morgan fingerprint density at radius 2 is 1.82 bits per heavy atom. The summed E-state index contributed by atoms with van der Waals surface area (Å²) < 4.78 is 5.56. The molecule has 2 aromatic carbocycles. The second-order valence-electron chi connectivity index (χ2n) is 6.59. The minimum absolute atomic E-state index is 0.00832. The Kier molecular flexibility index (Phi) is 6.26. The molecule has 0 atom stereocenters. The molecule has 0 radical (unpaired) electrons. The lowest BCUT2D eigenvalue weighted by atomic mass is 10.1. The number of amides is 2. The maximum absolute atomic E-state index is 12.1. The monoisotopic (exact) mass is 381 g/mol. The molecule has 146 valence electrons. The van der Waals surface area contributed by atoms with E-state index in [9.17, 15) is 14.7 Å². The van der Waals surface area contributed by atoms with E-state index < -0.39 is 5.91 Å². The quantitative estimate of drug-likeness (QED) is 0.594. The van der Waals surface area contributed by atoms with Crippen LogP contribution in [0.15, 0.2) is 53.6 Å². The standard InChI is InChI=1S/C21H23N3O4/c1-15(22-23-21(27)17-5-4-6-18(25)13-17)16-7-9-19(10-8-16)28-14-20(26)24-11-2-3-12-24/h4-10,13,25H,2-3,11-12,14H2,1H3,(H,23,27)/b22-15-. The molecule has 7 heteroatoms. The predicted molar refractivity (Wildman–Crippen MR) is 106 cm³/mol. The minimum atomic E-state index is -0.407. The number of aromatic hydroxyl groups is 1. The van der Waals surface area contributed by atoms with Crippen LogP contribution in [0.5, 0.6) is 11.5 Å². The van der Waals surface area contributed by atoms with Crippen molar-refractivity contribution in [2.45, 2.75) is 19.8 Å². The van der Waals surface area contributed by atoms with Crippen molar-refractivity contribution in [3.63, 3.8) is 0 Å². The van der Waals surface area contributed by atoms with Crippen molar-refractivity contribution in [1.82, 2.24) is 10.3 Å². The summed E-state index contributed by atoms with van der Waals surface area (Å²) in [5.41, 5.74) is 4.22. The van der Waals surface area contributed by atoms with E-state index in [1.165, 1.54) is 12.1 Å². The fourth-order valence-corrected chi connectivity index (χ4v) is 2.91. The highest BCUT2D eigenvalue weighted by Crippen LogP contribution is 2.14. The number of nitrogens with zero attached hydrogens (tertiary/aromatic N) is 2. The molecule has 0 unspecified atom stereocenters. The van der Waals surface area contributed by atoms with Gasteiger partial charge in [0.15, 0.2) is 6.61 Å². The number of nitrogens with one attached hydrogen (secondary N) is 1. The van der Waals surface area contributed by atoms with Crippen molar-refractivity contribution >= 4 is 17.5 Å². The van der Waals surface area contributed by atoms with Crippen molar-refractivity contribution in [3.05, 3.63) is 59.7 Å². The lowest BCUT2D eigenvalue weighted by molar-refractivity contribution is -0.132. The first-order chi connectivity index (χ1) is 13.5. The van der Waals surface area contributed by atoms with Gasteiger partial charge in [-0.2, -0.15) is 5.10 Å². The van der Waals surface area contributed by atoms with E-state index in [0.29, 0.717) is 17.0 Å². The van der Waals surface area contributed by atoms with Crippen LogP contribution in [-0.2, 0) is 4.79 Å². The fourth-order valence-electron chi connectivity index (χ4n) is 2.91. The molecule has 1 fully saturated rings. The van der Waals surface area contributed by atoms with Crippen LogP contribution in [0.2, 0.25) is 0 Å². The molecule has 0 saturated carbocycles. The molecular weight excluding hydrogens is 358 g/mol. The van der Waals surface area contributed by atoms with E-state index in [1.54, 1.807) is 31.2 Å². The van der Waals surface area contributed by atoms with Gasteiger partial charge in [0, 0.05) is 18.7 Å². The van der Waals surface area contributed by atoms with Crippen LogP contribution in [0.4, 0.5) is 0 Å². The Bertz CT molecular complexity index is 871. The number of hydrazone groups is 1. The lowest BCUT2D eigenvalue weighted by Gasteiger charge is -2.15. The van der Waals surface area contributed by atoms with Gasteiger partial charge in [0.05, 0.1) is 5.71 Å². The normalized spacial score (nSPS) is 14.0. The van der Waals surface area contributed by atoms with Gasteiger partial charge in [-0.25, -0.2) is 5.43 Å². The van der Waals surface area contributed by atoms with Crippen LogP contribution in [0.25, 0.3) is 0 Å². The second kappa shape index (κ2) is 9.03. The summed E-state index contributed by atoms with van der Waals surface area (Å²) in [6.07, 6.45) is 2.11. The van der Waals surface area contributed by atoms with E-state index in [2.05, 4.69) is 10.5 Å². The zero-order chi connectivity index (χ0) is 19.9. The van der Waals surface area contributed by atoms with E-state index >= 15 is 0 Å². The topological polar surface area (TPSA) is 91.2 Å². The van der Waals surface area contributed by atoms with Crippen LogP contribution in [0.1, 0.15) is 35.7 Å². The van der Waals surface area contributed by atoms with Gasteiger partial charge < -0.3 is 14.7 Å². The molecule has 7 nitrogen and oxygen atoms in total. The van der Waals surface area contributed by atoms with Crippen molar-refractivity contribution in [2.75, 3.05) is 19.7 Å². The fraction of sp³-hybridized carbons (Fsp3) is 0.286. The summed E-state index contributed by atoms with van der Waals surface area (Å²) in [5.74, 6) is 0.227. The number of carbonyl (C=O) groups is 2. The number of carbonyl (C=O) groups excluding carboxylic acids is 2. The SMILES string of the molecule is C/C(=N/NC(=O)c1cccc(O)c1)c1ccc(OCC(=O)N2CCCC2)cc1. The first-order valence-corrected chi connectivity index (χ1v) is 9.17. The van der Waals surface area contributed by atoms with Gasteiger partial charge in [-0.15, -0.1) is 0 Å². The molecule has 1 saturated heterocycles. The molecule has 2 N–H and O–H groups in total. The summed E-state index contributed by atoms with van der Waals surface area (Å²) in [4.78, 5) is 25.9. The molecule has 2 aromatic rings. The Balaban J connectivity index is 1.54. The van der Waals surface area contributed by atoms with E-state index in [1.807, 2.05) is 17.0 Å². The predicted octanol–water partition coefficient (Wildman–Crippen LogP) is 2.55. The van der Waals surface area contributed by atoms with Gasteiger partial charge >= 0.3 is 0 Å². The highest BCUT2D eigenvalue weighted by Gasteiger charge is 2.18. The van der Waals surface area contributed by atoms with Crippen LogP contribution < -0.4 is 10.2 Å². The summed E-state index contributed by atoms with van der Waals surface area (Å²) >= 11 is 0. The van der Waals surface area contributed by atoms with Gasteiger partial charge in [-0.1, -0.05) is 6.07 Å². The van der Waals surface area contributed by atoms with Crippen molar-refractivity contribution < 1.29 is 19.4 Å². The van der Waals surface area contributed by atoms with Crippen LogP contribution in [-0.4, -0.2) is 47.2 Å². The third-order valence-electron chi connectivity index (χ3n) is 4.53. The summed E-state index contributed by atoms with van der Waals surface area (Å²) in [6.45, 7) is 3.43. The first-order valence-electron chi connectivity index (χ1n) is 9.17. The molecule has 0 aliphatic carbocycles. The van der Waals surface area contributed by atoms with Crippen LogP contribution in [0, 0.1) is 0 Å². The molecular formula is C21H23N3O4. The van der Waals surface area contributed by atoms with Gasteiger partial charge in [-0.3, -0.25) is 9.59 Å². The van der Waals surface area contributed by atoms with Crippen LogP contribution >= 0.6 is 0 Å². The molecule has 0 spiro atoms. The number of phenols is 1. The summed E-state index contributed by atoms with van der Waals surface area (Å²) in [5, 5.41) is 13.5. The Morgan fingerprint density at radius 1 is 1.11 bits per heavy atom. The summed E-state index contributed by atoms with van der Waals surface area (Å²) in [7, 11) is 0. The second-order valence-corrected chi connectivity index (χ2v) is 6.59. The zero-order valence-corrected chi connectivity index (χ0v) is 15.7. The number of benzene rings is 2. The Morgan fingerprint density at radius 3 is 2.50 bits per heavy atom. The molecule has 0 bridgehead atoms. The van der Waals surface area contributed by atoms with Gasteiger partial charge in [0.1, 0.15) is 11.5 Å². The zero-order valence-electron chi connectivity index (χ0n) is 15.7. The highest BCUT2D eigenvalue weighted by molar-refractivity contribution is 6.01. The third-order valence-corrected chi connectivity index (χ3v) is 4.53. The molecule has 1 aliphatic rings. The van der Waals surface area contributed by atoms with Crippen molar-refractivity contribution in [1.29, 1.82) is 0 Å². The van der Waals surface area contributed by atoms with Crippen molar-refractivity contribution in [2.24, 2.45) is 5.10 Å². The smallest absolute Gasteiger partial charge is 0.271 e.